The smallest absolute Gasteiger partial charge is 0.254 e. The number of nitrogens with zero attached hydrogens (tertiary/aromatic N) is 3. The highest BCUT2D eigenvalue weighted by atomic mass is 16.2. The van der Waals surface area contributed by atoms with Crippen LogP contribution in [0.15, 0.2) is 24.3 Å². The Bertz CT molecular complexity index is 758. The van der Waals surface area contributed by atoms with Crippen LogP contribution < -0.4 is 0 Å². The van der Waals surface area contributed by atoms with Gasteiger partial charge in [0.1, 0.15) is 0 Å². The first-order valence-corrected chi connectivity index (χ1v) is 11.4. The molecule has 1 aromatic carbocycles. The van der Waals surface area contributed by atoms with Crippen molar-refractivity contribution in [3.63, 3.8) is 0 Å². The van der Waals surface area contributed by atoms with Crippen molar-refractivity contribution in [2.24, 2.45) is 0 Å². The van der Waals surface area contributed by atoms with E-state index in [0.29, 0.717) is 0 Å². The summed E-state index contributed by atoms with van der Waals surface area (Å²) in [5.41, 5.74) is 1.74. The van der Waals surface area contributed by atoms with Gasteiger partial charge in [0.15, 0.2) is 0 Å². The highest BCUT2D eigenvalue weighted by Crippen LogP contribution is 2.39. The van der Waals surface area contributed by atoms with Gasteiger partial charge in [0.2, 0.25) is 5.91 Å². The third kappa shape index (κ3) is 3.94. The number of fused-ring (bicyclic) bond motifs is 1. The third-order valence-electron chi connectivity index (χ3n) is 7.41. The van der Waals surface area contributed by atoms with Crippen molar-refractivity contribution in [2.75, 3.05) is 26.2 Å². The van der Waals surface area contributed by atoms with Crippen molar-refractivity contribution < 1.29 is 9.59 Å². The van der Waals surface area contributed by atoms with Crippen LogP contribution in [-0.2, 0) is 11.3 Å². The number of hydrogen-bond donors (Lipinski definition) is 0. The summed E-state index contributed by atoms with van der Waals surface area (Å²) in [5, 5.41) is 0. The maximum absolute atomic E-state index is 13.7. The second-order valence-corrected chi connectivity index (χ2v) is 9.28. The predicted molar refractivity (Wildman–Crippen MR) is 115 cm³/mol. The molecule has 3 fully saturated rings. The Labute approximate surface area is 175 Å². The van der Waals surface area contributed by atoms with Crippen molar-refractivity contribution in [2.45, 2.75) is 76.9 Å². The lowest BCUT2D eigenvalue weighted by molar-refractivity contribution is -0.136. The SMILES string of the molecule is CC(=O)N1CCCCC[C@@H]2N(C(=O)c3ccccc3CN3CCCC3)CC[C@@]21C. The Morgan fingerprint density at radius 3 is 2.48 bits per heavy atom. The lowest BCUT2D eigenvalue weighted by Crippen LogP contribution is -2.58. The monoisotopic (exact) mass is 397 g/mol. The molecule has 0 spiro atoms. The molecule has 0 N–H and O–H groups in total. The molecular weight excluding hydrogens is 362 g/mol. The molecule has 0 bridgehead atoms. The van der Waals surface area contributed by atoms with E-state index in [0.717, 1.165) is 76.0 Å². The van der Waals surface area contributed by atoms with Crippen LogP contribution in [0.25, 0.3) is 0 Å². The number of likely N-dealkylation sites (tertiary alicyclic amines) is 3. The van der Waals surface area contributed by atoms with Crippen molar-refractivity contribution in [1.29, 1.82) is 0 Å². The quantitative estimate of drug-likeness (QED) is 0.782. The van der Waals surface area contributed by atoms with Gasteiger partial charge < -0.3 is 9.80 Å². The van der Waals surface area contributed by atoms with E-state index >= 15 is 0 Å². The lowest BCUT2D eigenvalue weighted by Gasteiger charge is -2.45. The molecule has 5 heteroatoms. The maximum atomic E-state index is 13.7. The standard InChI is InChI=1S/C24H35N3O2/c1-19(28)27-16-7-3-4-12-22-24(27,2)13-17-26(22)23(29)21-11-6-5-10-20(21)18-25-14-8-9-15-25/h5-6,10-11,22H,3-4,7-9,12-18H2,1-2H3/t22-,24-/m0/s1. The highest BCUT2D eigenvalue weighted by molar-refractivity contribution is 5.96. The Balaban J connectivity index is 1.60. The van der Waals surface area contributed by atoms with Crippen LogP contribution in [0.2, 0.25) is 0 Å². The van der Waals surface area contributed by atoms with Gasteiger partial charge in [0.25, 0.3) is 5.91 Å². The first kappa shape index (κ1) is 20.4. The van der Waals surface area contributed by atoms with Crippen molar-refractivity contribution in [1.82, 2.24) is 14.7 Å². The Kier molecular flexibility index (Phi) is 5.95. The van der Waals surface area contributed by atoms with Gasteiger partial charge in [-0.1, -0.05) is 31.0 Å². The summed E-state index contributed by atoms with van der Waals surface area (Å²) < 4.78 is 0. The van der Waals surface area contributed by atoms with E-state index < -0.39 is 0 Å². The van der Waals surface area contributed by atoms with E-state index in [1.807, 2.05) is 18.2 Å². The minimum Gasteiger partial charge on any atom is -0.335 e. The minimum atomic E-state index is -0.244. The van der Waals surface area contributed by atoms with Gasteiger partial charge in [-0.2, -0.15) is 0 Å². The number of carbonyl (C=O) groups is 2. The Morgan fingerprint density at radius 2 is 1.72 bits per heavy atom. The zero-order valence-corrected chi connectivity index (χ0v) is 18.0. The molecule has 3 aliphatic heterocycles. The lowest BCUT2D eigenvalue weighted by atomic mass is 9.84. The first-order chi connectivity index (χ1) is 14.0. The molecule has 0 aliphatic carbocycles. The number of hydrogen-bond acceptors (Lipinski definition) is 3. The molecule has 2 amide bonds. The Hall–Kier alpha value is -1.88. The summed E-state index contributed by atoms with van der Waals surface area (Å²) in [6, 6.07) is 8.24. The zero-order chi connectivity index (χ0) is 20.4. The summed E-state index contributed by atoms with van der Waals surface area (Å²) in [7, 11) is 0. The van der Waals surface area contributed by atoms with Crippen LogP contribution in [-0.4, -0.2) is 64.3 Å². The normalized spacial score (nSPS) is 28.1. The van der Waals surface area contributed by atoms with Gasteiger partial charge in [0, 0.05) is 32.1 Å². The number of rotatable bonds is 3. The summed E-state index contributed by atoms with van der Waals surface area (Å²) >= 11 is 0. The van der Waals surface area contributed by atoms with E-state index in [1.54, 1.807) is 6.92 Å². The molecule has 29 heavy (non-hydrogen) atoms. The molecular formula is C24H35N3O2. The first-order valence-electron chi connectivity index (χ1n) is 11.4. The molecule has 4 rings (SSSR count). The molecule has 3 aliphatic rings. The molecule has 0 unspecified atom stereocenters. The van der Waals surface area contributed by atoms with Crippen molar-refractivity contribution in [3.05, 3.63) is 35.4 Å². The molecule has 3 heterocycles. The number of carbonyl (C=O) groups excluding carboxylic acids is 2. The summed E-state index contributed by atoms with van der Waals surface area (Å²) in [4.78, 5) is 32.7. The largest absolute Gasteiger partial charge is 0.335 e. The fourth-order valence-corrected chi connectivity index (χ4v) is 5.79. The van der Waals surface area contributed by atoms with E-state index in [2.05, 4.69) is 27.7 Å². The number of benzene rings is 1. The van der Waals surface area contributed by atoms with Crippen LogP contribution >= 0.6 is 0 Å². The number of amides is 2. The third-order valence-corrected chi connectivity index (χ3v) is 7.41. The van der Waals surface area contributed by atoms with Gasteiger partial charge in [-0.3, -0.25) is 14.5 Å². The average molecular weight is 398 g/mol. The van der Waals surface area contributed by atoms with Crippen LogP contribution in [0.5, 0.6) is 0 Å². The second-order valence-electron chi connectivity index (χ2n) is 9.28. The van der Waals surface area contributed by atoms with E-state index in [1.165, 1.54) is 12.8 Å². The van der Waals surface area contributed by atoms with Crippen molar-refractivity contribution in [3.8, 4) is 0 Å². The summed E-state index contributed by atoms with van der Waals surface area (Å²) in [6.45, 7) is 8.55. The van der Waals surface area contributed by atoms with Crippen LogP contribution in [0.1, 0.15) is 74.7 Å². The molecule has 158 valence electrons. The molecule has 3 saturated heterocycles. The van der Waals surface area contributed by atoms with Crippen molar-refractivity contribution >= 4 is 11.8 Å². The zero-order valence-electron chi connectivity index (χ0n) is 18.0. The molecule has 0 radical (unpaired) electrons. The topological polar surface area (TPSA) is 43.9 Å². The average Bonchev–Trinajstić information content (AvgIpc) is 3.31. The van der Waals surface area contributed by atoms with Crippen LogP contribution in [0, 0.1) is 0 Å². The summed E-state index contributed by atoms with van der Waals surface area (Å²) in [5.74, 6) is 0.292. The Morgan fingerprint density at radius 1 is 1.00 bits per heavy atom. The highest BCUT2D eigenvalue weighted by Gasteiger charge is 2.50. The van der Waals surface area contributed by atoms with Gasteiger partial charge in [-0.25, -0.2) is 0 Å². The fraction of sp³-hybridized carbons (Fsp3) is 0.667. The molecule has 2 atom stereocenters. The van der Waals surface area contributed by atoms with E-state index in [4.69, 9.17) is 0 Å². The summed E-state index contributed by atoms with van der Waals surface area (Å²) in [6.07, 6.45) is 7.69. The van der Waals surface area contributed by atoms with Crippen LogP contribution in [0.3, 0.4) is 0 Å². The predicted octanol–water partition coefficient (Wildman–Crippen LogP) is 3.68. The molecule has 1 aromatic rings. The minimum absolute atomic E-state index is 0.110. The van der Waals surface area contributed by atoms with Gasteiger partial charge >= 0.3 is 0 Å². The maximum Gasteiger partial charge on any atom is 0.254 e. The van der Waals surface area contributed by atoms with Gasteiger partial charge in [-0.05, 0) is 63.7 Å². The second kappa shape index (κ2) is 8.47. The van der Waals surface area contributed by atoms with Gasteiger partial charge in [0.05, 0.1) is 11.6 Å². The molecule has 0 aromatic heterocycles. The fourth-order valence-electron chi connectivity index (χ4n) is 5.79. The molecule has 0 saturated carbocycles. The van der Waals surface area contributed by atoms with Gasteiger partial charge in [-0.15, -0.1) is 0 Å². The van der Waals surface area contributed by atoms with E-state index in [9.17, 15) is 9.59 Å². The van der Waals surface area contributed by atoms with E-state index in [-0.39, 0.29) is 23.4 Å². The van der Waals surface area contributed by atoms with Crippen LogP contribution in [0.4, 0.5) is 0 Å². The molecule has 5 nitrogen and oxygen atoms in total.